The van der Waals surface area contributed by atoms with E-state index in [1.165, 1.54) is 6.42 Å². The Morgan fingerprint density at radius 2 is 1.95 bits per heavy atom. The van der Waals surface area contributed by atoms with Crippen molar-refractivity contribution in [2.24, 2.45) is 5.41 Å². The summed E-state index contributed by atoms with van der Waals surface area (Å²) in [6.07, 6.45) is 5.87. The van der Waals surface area contributed by atoms with Crippen molar-refractivity contribution in [3.8, 4) is 0 Å². The van der Waals surface area contributed by atoms with Crippen molar-refractivity contribution in [3.63, 3.8) is 0 Å². The zero-order valence-electron chi connectivity index (χ0n) is 12.9. The van der Waals surface area contributed by atoms with Gasteiger partial charge in [-0.2, -0.15) is 0 Å². The van der Waals surface area contributed by atoms with E-state index in [9.17, 15) is 14.7 Å². The van der Waals surface area contributed by atoms with Crippen molar-refractivity contribution >= 4 is 11.9 Å². The lowest BCUT2D eigenvalue weighted by atomic mass is 9.79. The van der Waals surface area contributed by atoms with Gasteiger partial charge in [-0.3, -0.25) is 9.59 Å². The number of carbonyl (C=O) groups excluding carboxylic acids is 1. The number of carbonyl (C=O) groups is 2. The normalized spacial score (nSPS) is 31.8. The van der Waals surface area contributed by atoms with Crippen LogP contribution in [-0.4, -0.2) is 48.8 Å². The molecule has 2 aliphatic rings. The molecule has 1 saturated carbocycles. The van der Waals surface area contributed by atoms with Gasteiger partial charge in [0.05, 0.1) is 19.3 Å². The Hall–Kier alpha value is -1.14. The molecule has 0 aromatic heterocycles. The summed E-state index contributed by atoms with van der Waals surface area (Å²) < 4.78 is 5.27. The minimum Gasteiger partial charge on any atom is -0.481 e. The molecule has 1 aliphatic heterocycles. The zero-order chi connectivity index (χ0) is 15.5. The Balaban J connectivity index is 1.96. The van der Waals surface area contributed by atoms with Gasteiger partial charge in [-0.25, -0.2) is 0 Å². The van der Waals surface area contributed by atoms with Crippen LogP contribution in [0, 0.1) is 5.41 Å². The number of ether oxygens (including phenoxy) is 1. The lowest BCUT2D eigenvalue weighted by molar-refractivity contribution is -0.149. The van der Waals surface area contributed by atoms with Crippen LogP contribution in [0.3, 0.4) is 0 Å². The lowest BCUT2D eigenvalue weighted by Gasteiger charge is -2.37. The molecule has 0 radical (unpaired) electrons. The van der Waals surface area contributed by atoms with Gasteiger partial charge in [0.2, 0.25) is 5.91 Å². The second-order valence-corrected chi connectivity index (χ2v) is 6.63. The molecule has 1 aliphatic carbocycles. The molecule has 0 aromatic rings. The molecule has 2 rings (SSSR count). The average molecular weight is 298 g/mol. The van der Waals surface area contributed by atoms with Crippen molar-refractivity contribution in [2.75, 3.05) is 20.3 Å². The first-order chi connectivity index (χ1) is 9.92. The van der Waals surface area contributed by atoms with Crippen LogP contribution in [0.25, 0.3) is 0 Å². The number of amides is 1. The van der Waals surface area contributed by atoms with E-state index in [1.807, 2.05) is 7.05 Å². The third kappa shape index (κ3) is 3.37. The van der Waals surface area contributed by atoms with E-state index in [-0.39, 0.29) is 24.7 Å². The smallest absolute Gasteiger partial charge is 0.313 e. The maximum Gasteiger partial charge on any atom is 0.313 e. The monoisotopic (exact) mass is 298 g/mol. The minimum atomic E-state index is -1.03. The van der Waals surface area contributed by atoms with Gasteiger partial charge in [-0.15, -0.1) is 0 Å². The molecule has 6 heteroatoms. The Bertz CT molecular complexity index is 406. The summed E-state index contributed by atoms with van der Waals surface area (Å²) in [6, 6.07) is -0.458. The maximum atomic E-state index is 12.3. The molecule has 1 saturated heterocycles. The van der Waals surface area contributed by atoms with Gasteiger partial charge in [0.25, 0.3) is 0 Å². The van der Waals surface area contributed by atoms with E-state index in [4.69, 9.17) is 4.74 Å². The fraction of sp³-hybridized carbons (Fsp3) is 0.867. The number of rotatable bonds is 5. The number of hydrogen-bond acceptors (Lipinski definition) is 4. The van der Waals surface area contributed by atoms with Crippen molar-refractivity contribution in [3.05, 3.63) is 0 Å². The highest BCUT2D eigenvalue weighted by molar-refractivity contribution is 5.81. The van der Waals surface area contributed by atoms with Crippen LogP contribution in [0.1, 0.15) is 45.4 Å². The van der Waals surface area contributed by atoms with Crippen molar-refractivity contribution in [1.29, 1.82) is 0 Å². The fourth-order valence-corrected chi connectivity index (χ4v) is 3.38. The summed E-state index contributed by atoms with van der Waals surface area (Å²) in [4.78, 5) is 23.7. The fourth-order valence-electron chi connectivity index (χ4n) is 3.38. The molecule has 2 unspecified atom stereocenters. The molecule has 1 heterocycles. The van der Waals surface area contributed by atoms with Gasteiger partial charge in [0.1, 0.15) is 5.41 Å². The summed E-state index contributed by atoms with van der Waals surface area (Å²) in [5, 5.41) is 15.5. The molecule has 3 N–H and O–H groups in total. The first-order valence-electron chi connectivity index (χ1n) is 7.71. The molecule has 2 atom stereocenters. The lowest BCUT2D eigenvalue weighted by Crippen LogP contribution is -2.53. The SMILES string of the molecule is CNC1(CC(=O)NC2COCC2(C)C(=O)O)CCCCC1. The van der Waals surface area contributed by atoms with E-state index < -0.39 is 17.4 Å². The first-order valence-corrected chi connectivity index (χ1v) is 7.71. The van der Waals surface area contributed by atoms with Crippen LogP contribution in [0.4, 0.5) is 0 Å². The van der Waals surface area contributed by atoms with Crippen LogP contribution in [0.15, 0.2) is 0 Å². The number of hydrogen-bond donors (Lipinski definition) is 3. The molecule has 2 fully saturated rings. The van der Waals surface area contributed by atoms with Gasteiger partial charge in [0, 0.05) is 12.0 Å². The molecule has 0 aromatic carbocycles. The molecule has 1 amide bonds. The highest BCUT2D eigenvalue weighted by Crippen LogP contribution is 2.32. The van der Waals surface area contributed by atoms with E-state index >= 15 is 0 Å². The van der Waals surface area contributed by atoms with Crippen LogP contribution >= 0.6 is 0 Å². The molecular formula is C15H26N2O4. The van der Waals surface area contributed by atoms with E-state index in [2.05, 4.69) is 10.6 Å². The number of carboxylic acids is 1. The van der Waals surface area contributed by atoms with Gasteiger partial charge in [0.15, 0.2) is 0 Å². The Kier molecular flexibility index (Phi) is 4.88. The number of aliphatic carboxylic acids is 1. The van der Waals surface area contributed by atoms with Crippen molar-refractivity contribution < 1.29 is 19.4 Å². The highest BCUT2D eigenvalue weighted by Gasteiger charge is 2.47. The zero-order valence-corrected chi connectivity index (χ0v) is 12.9. The van der Waals surface area contributed by atoms with Gasteiger partial charge in [-0.05, 0) is 26.8 Å². The van der Waals surface area contributed by atoms with E-state index in [0.29, 0.717) is 6.42 Å². The predicted molar refractivity (Wildman–Crippen MR) is 78.0 cm³/mol. The van der Waals surface area contributed by atoms with Gasteiger partial charge >= 0.3 is 5.97 Å². The van der Waals surface area contributed by atoms with Gasteiger partial charge in [-0.1, -0.05) is 19.3 Å². The van der Waals surface area contributed by atoms with E-state index in [0.717, 1.165) is 25.7 Å². The molecule has 0 bridgehead atoms. The second-order valence-electron chi connectivity index (χ2n) is 6.63. The predicted octanol–water partition coefficient (Wildman–Crippen LogP) is 0.905. The van der Waals surface area contributed by atoms with Crippen LogP contribution in [0.5, 0.6) is 0 Å². The van der Waals surface area contributed by atoms with Crippen LogP contribution in [-0.2, 0) is 14.3 Å². The number of nitrogens with one attached hydrogen (secondary N) is 2. The van der Waals surface area contributed by atoms with E-state index in [1.54, 1.807) is 6.92 Å². The maximum absolute atomic E-state index is 12.3. The highest BCUT2D eigenvalue weighted by atomic mass is 16.5. The average Bonchev–Trinajstić information content (AvgIpc) is 2.82. The molecular weight excluding hydrogens is 272 g/mol. The van der Waals surface area contributed by atoms with Gasteiger partial charge < -0.3 is 20.5 Å². The topological polar surface area (TPSA) is 87.7 Å². The molecule has 21 heavy (non-hydrogen) atoms. The number of carboxylic acid groups (broad SMARTS) is 1. The quantitative estimate of drug-likeness (QED) is 0.702. The second kappa shape index (κ2) is 6.32. The Labute approximate surface area is 125 Å². The van der Waals surface area contributed by atoms with Crippen molar-refractivity contribution in [2.45, 2.75) is 57.0 Å². The first kappa shape index (κ1) is 16.2. The largest absolute Gasteiger partial charge is 0.481 e. The van der Waals surface area contributed by atoms with Crippen LogP contribution in [0.2, 0.25) is 0 Å². The third-order valence-electron chi connectivity index (χ3n) is 5.12. The Morgan fingerprint density at radius 3 is 2.52 bits per heavy atom. The van der Waals surface area contributed by atoms with Crippen LogP contribution < -0.4 is 10.6 Å². The minimum absolute atomic E-state index is 0.0887. The molecule has 120 valence electrons. The summed E-state index contributed by atoms with van der Waals surface area (Å²) in [5.41, 5.74) is -1.17. The molecule has 0 spiro atoms. The summed E-state index contributed by atoms with van der Waals surface area (Å²) in [7, 11) is 1.90. The standard InChI is InChI=1S/C15H26N2O4/c1-14(13(19)20)10-21-9-11(14)17-12(18)8-15(16-2)6-4-3-5-7-15/h11,16H,3-10H2,1-2H3,(H,17,18)(H,19,20). The summed E-state index contributed by atoms with van der Waals surface area (Å²) >= 11 is 0. The summed E-state index contributed by atoms with van der Waals surface area (Å²) in [5.74, 6) is -1.01. The van der Waals surface area contributed by atoms with Crippen molar-refractivity contribution in [1.82, 2.24) is 10.6 Å². The Morgan fingerprint density at radius 1 is 1.29 bits per heavy atom. The molecule has 6 nitrogen and oxygen atoms in total. The summed E-state index contributed by atoms with van der Waals surface area (Å²) in [6.45, 7) is 2.03. The third-order valence-corrected chi connectivity index (χ3v) is 5.12.